The summed E-state index contributed by atoms with van der Waals surface area (Å²) in [5, 5.41) is 6.41. The summed E-state index contributed by atoms with van der Waals surface area (Å²) in [6.07, 6.45) is 1.72. The Morgan fingerprint density at radius 1 is 1.62 bits per heavy atom. The van der Waals surface area contributed by atoms with Crippen molar-refractivity contribution >= 4 is 11.9 Å². The van der Waals surface area contributed by atoms with Crippen LogP contribution in [-0.4, -0.2) is 28.7 Å². The molecule has 0 aliphatic rings. The van der Waals surface area contributed by atoms with Gasteiger partial charge in [-0.05, 0) is 6.07 Å². The third kappa shape index (κ3) is 3.33. The second kappa shape index (κ2) is 5.83. The van der Waals surface area contributed by atoms with E-state index in [0.717, 1.165) is 0 Å². The highest BCUT2D eigenvalue weighted by Crippen LogP contribution is 1.97. The van der Waals surface area contributed by atoms with Gasteiger partial charge in [-0.1, -0.05) is 5.59 Å². The zero-order chi connectivity index (χ0) is 12.0. The maximum Gasteiger partial charge on any atom is 0.328 e. The van der Waals surface area contributed by atoms with Crippen LogP contribution in [0.5, 0.6) is 0 Å². The van der Waals surface area contributed by atoms with Crippen LogP contribution in [0.25, 0.3) is 0 Å². The highest BCUT2D eigenvalue weighted by Gasteiger charge is 2.08. The number of nitrogens with zero attached hydrogens (tertiary/aromatic N) is 2. The fourth-order valence-electron chi connectivity index (χ4n) is 1.06. The number of hydrogen-bond donors (Lipinski definition) is 3. The zero-order valence-corrected chi connectivity index (χ0v) is 8.77. The topological polar surface area (TPSA) is 111 Å². The fraction of sp³-hybridized carbons (Fsp3) is 0.375. The molecular weight excluding hydrogens is 214 g/mol. The lowest BCUT2D eigenvalue weighted by Crippen LogP contribution is -2.26. The molecule has 0 spiro atoms. The van der Waals surface area contributed by atoms with Crippen molar-refractivity contribution in [2.75, 3.05) is 7.05 Å². The van der Waals surface area contributed by atoms with Crippen molar-refractivity contribution in [2.24, 2.45) is 5.84 Å². The second-order valence-electron chi connectivity index (χ2n) is 2.89. The average molecular weight is 227 g/mol. The molecule has 8 heteroatoms. The number of nitrogens with two attached hydrogens (primary N) is 1. The predicted molar refractivity (Wildman–Crippen MR) is 53.6 cm³/mol. The zero-order valence-electron chi connectivity index (χ0n) is 8.77. The van der Waals surface area contributed by atoms with Crippen molar-refractivity contribution < 1.29 is 14.4 Å². The number of carbonyl (C=O) groups excluding carboxylic acids is 2. The summed E-state index contributed by atoms with van der Waals surface area (Å²) in [6, 6.07) is 1.56. The summed E-state index contributed by atoms with van der Waals surface area (Å²) >= 11 is 0. The van der Waals surface area contributed by atoms with E-state index in [9.17, 15) is 9.59 Å². The van der Waals surface area contributed by atoms with Gasteiger partial charge in [-0.3, -0.25) is 14.3 Å². The minimum absolute atomic E-state index is 0.110. The maximum atomic E-state index is 11.2. The van der Waals surface area contributed by atoms with Gasteiger partial charge in [0.05, 0.1) is 13.0 Å². The minimum Gasteiger partial charge on any atom is -0.356 e. The van der Waals surface area contributed by atoms with Crippen molar-refractivity contribution in [1.82, 2.24) is 20.7 Å². The van der Waals surface area contributed by atoms with Gasteiger partial charge in [0, 0.05) is 13.2 Å². The van der Waals surface area contributed by atoms with Crippen molar-refractivity contribution in [2.45, 2.75) is 13.0 Å². The maximum absolute atomic E-state index is 11.2. The van der Waals surface area contributed by atoms with Crippen LogP contribution in [0, 0.1) is 0 Å². The lowest BCUT2D eigenvalue weighted by atomic mass is 10.4. The van der Waals surface area contributed by atoms with Gasteiger partial charge in [0.25, 0.3) is 5.91 Å². The van der Waals surface area contributed by atoms with Crippen molar-refractivity contribution in [1.29, 1.82) is 0 Å². The molecular formula is C8H13N5O3. The fourth-order valence-corrected chi connectivity index (χ4v) is 1.06. The Morgan fingerprint density at radius 3 is 3.00 bits per heavy atom. The second-order valence-corrected chi connectivity index (χ2v) is 2.89. The van der Waals surface area contributed by atoms with E-state index in [0.29, 0.717) is 12.2 Å². The number of carbonyl (C=O) groups is 2. The van der Waals surface area contributed by atoms with Gasteiger partial charge >= 0.3 is 5.97 Å². The summed E-state index contributed by atoms with van der Waals surface area (Å²) in [5.74, 6) is 4.02. The Kier molecular flexibility index (Phi) is 4.42. The Balaban J connectivity index is 2.46. The smallest absolute Gasteiger partial charge is 0.328 e. The van der Waals surface area contributed by atoms with E-state index in [1.54, 1.807) is 17.9 Å². The molecule has 0 fully saturated rings. The van der Waals surface area contributed by atoms with Gasteiger partial charge in [0.1, 0.15) is 5.69 Å². The molecule has 0 saturated carbocycles. The molecule has 4 N–H and O–H groups in total. The molecule has 0 aliphatic heterocycles. The highest BCUT2D eigenvalue weighted by molar-refractivity contribution is 5.91. The quantitative estimate of drug-likeness (QED) is 0.419. The number of hydrogen-bond acceptors (Lipinski definition) is 6. The lowest BCUT2D eigenvalue weighted by Gasteiger charge is -2.01. The molecule has 8 nitrogen and oxygen atoms in total. The largest absolute Gasteiger partial charge is 0.356 e. The molecule has 0 saturated heterocycles. The molecule has 1 amide bonds. The van der Waals surface area contributed by atoms with Crippen LogP contribution in [-0.2, 0) is 16.2 Å². The molecule has 16 heavy (non-hydrogen) atoms. The normalized spacial score (nSPS) is 9.88. The molecule has 0 bridgehead atoms. The third-order valence-corrected chi connectivity index (χ3v) is 1.82. The van der Waals surface area contributed by atoms with Gasteiger partial charge in [-0.15, -0.1) is 0 Å². The van der Waals surface area contributed by atoms with E-state index in [-0.39, 0.29) is 12.3 Å². The Bertz CT molecular complexity index is 376. The van der Waals surface area contributed by atoms with Crippen LogP contribution < -0.4 is 16.7 Å². The Labute approximate surface area is 91.7 Å². The van der Waals surface area contributed by atoms with Crippen LogP contribution in [0.15, 0.2) is 12.3 Å². The van der Waals surface area contributed by atoms with Crippen LogP contribution in [0.4, 0.5) is 0 Å². The average Bonchev–Trinajstić information content (AvgIpc) is 2.74. The van der Waals surface area contributed by atoms with Gasteiger partial charge < -0.3 is 10.2 Å². The number of nitrogens with one attached hydrogen (secondary N) is 2. The van der Waals surface area contributed by atoms with Crippen LogP contribution in [0.3, 0.4) is 0 Å². The van der Waals surface area contributed by atoms with Gasteiger partial charge in [-0.2, -0.15) is 5.10 Å². The Morgan fingerprint density at radius 2 is 2.38 bits per heavy atom. The Hall–Kier alpha value is -1.93. The molecule has 1 heterocycles. The number of aromatic nitrogens is 2. The molecule has 1 aromatic heterocycles. The summed E-state index contributed by atoms with van der Waals surface area (Å²) < 4.78 is 1.47. The number of rotatable bonds is 5. The molecule has 1 rings (SSSR count). The third-order valence-electron chi connectivity index (χ3n) is 1.82. The van der Waals surface area contributed by atoms with E-state index >= 15 is 0 Å². The first-order valence-corrected chi connectivity index (χ1v) is 4.58. The van der Waals surface area contributed by atoms with E-state index < -0.39 is 5.97 Å². The molecule has 1 aromatic rings. The first-order valence-electron chi connectivity index (χ1n) is 4.58. The predicted octanol–water partition coefficient (Wildman–Crippen LogP) is -1.45. The van der Waals surface area contributed by atoms with Crippen LogP contribution in [0.1, 0.15) is 16.9 Å². The van der Waals surface area contributed by atoms with Crippen molar-refractivity contribution in [3.8, 4) is 0 Å². The van der Waals surface area contributed by atoms with Gasteiger partial charge in [0.15, 0.2) is 0 Å². The number of amides is 1. The molecule has 0 aliphatic carbocycles. The molecule has 0 unspecified atom stereocenters. The van der Waals surface area contributed by atoms with Gasteiger partial charge in [-0.25, -0.2) is 5.84 Å². The van der Waals surface area contributed by atoms with E-state index in [2.05, 4.69) is 15.3 Å². The minimum atomic E-state index is -0.500. The van der Waals surface area contributed by atoms with E-state index in [4.69, 9.17) is 5.84 Å². The summed E-state index contributed by atoms with van der Waals surface area (Å²) in [7, 11) is 1.52. The van der Waals surface area contributed by atoms with Crippen molar-refractivity contribution in [3.63, 3.8) is 0 Å². The summed E-state index contributed by atoms with van der Waals surface area (Å²) in [5.41, 5.74) is 2.09. The van der Waals surface area contributed by atoms with Crippen LogP contribution >= 0.6 is 0 Å². The number of aryl methyl sites for hydroxylation is 1. The van der Waals surface area contributed by atoms with Gasteiger partial charge in [0.2, 0.25) is 0 Å². The number of hydrazine groups is 1. The van der Waals surface area contributed by atoms with E-state index in [1.807, 2.05) is 0 Å². The first-order chi connectivity index (χ1) is 7.67. The standard InChI is InChI=1S/C8H13N5O3/c1-10-8(15)6-2-4-13(11-6)5-3-7(14)16-12-9/h2,4,12H,3,5,9H2,1H3,(H,10,15). The van der Waals surface area contributed by atoms with Crippen LogP contribution in [0.2, 0.25) is 0 Å². The SMILES string of the molecule is CNC(=O)c1ccn(CCC(=O)ONN)n1. The van der Waals surface area contributed by atoms with Crippen molar-refractivity contribution in [3.05, 3.63) is 18.0 Å². The summed E-state index contributed by atoms with van der Waals surface area (Å²) in [4.78, 5) is 26.4. The first kappa shape index (κ1) is 12.1. The molecule has 88 valence electrons. The highest BCUT2D eigenvalue weighted by atomic mass is 16.7. The molecule has 0 radical (unpaired) electrons. The molecule has 0 atom stereocenters. The van der Waals surface area contributed by atoms with E-state index in [1.165, 1.54) is 11.7 Å². The monoisotopic (exact) mass is 227 g/mol. The molecule has 0 aromatic carbocycles. The summed E-state index contributed by atoms with van der Waals surface area (Å²) in [6.45, 7) is 0.317. The lowest BCUT2D eigenvalue weighted by molar-refractivity contribution is -0.151.